The third kappa shape index (κ3) is 4.00. The van der Waals surface area contributed by atoms with E-state index in [4.69, 9.17) is 4.74 Å². The second-order valence-electron chi connectivity index (χ2n) is 15.3. The Bertz CT molecular complexity index is 1060. The summed E-state index contributed by atoms with van der Waals surface area (Å²) in [6.45, 7) is 11.3. The van der Waals surface area contributed by atoms with E-state index in [0.717, 1.165) is 24.8 Å². The van der Waals surface area contributed by atoms with Crippen molar-refractivity contribution >= 4 is 5.97 Å². The van der Waals surface area contributed by atoms with Crippen LogP contribution in [0.15, 0.2) is 11.6 Å². The summed E-state index contributed by atoms with van der Waals surface area (Å²) in [4.78, 5) is 13.0. The van der Waals surface area contributed by atoms with Crippen LogP contribution in [0.4, 0.5) is 13.2 Å². The molecule has 5 aliphatic rings. The molecular weight excluding hydrogens is 521 g/mol. The first-order chi connectivity index (χ1) is 18.4. The summed E-state index contributed by atoms with van der Waals surface area (Å²) >= 11 is 0. The molecule has 0 saturated heterocycles. The van der Waals surface area contributed by atoms with Gasteiger partial charge < -0.3 is 20.1 Å². The Labute approximate surface area is 236 Å². The zero-order valence-electron chi connectivity index (χ0n) is 25.0. The molecule has 228 valence electrons. The fraction of sp³-hybridized carbons (Fsp3) is 0.906. The number of halogens is 3. The van der Waals surface area contributed by atoms with Crippen LogP contribution in [0.5, 0.6) is 0 Å². The largest absolute Gasteiger partial charge is 0.481 e. The topological polar surface area (TPSA) is 87.0 Å². The maximum Gasteiger partial charge on any atom is 0.411 e. The molecule has 5 aliphatic carbocycles. The van der Waals surface area contributed by atoms with Gasteiger partial charge in [-0.3, -0.25) is 4.79 Å². The second-order valence-corrected chi connectivity index (χ2v) is 15.3. The molecule has 0 aromatic carbocycles. The highest BCUT2D eigenvalue weighted by Crippen LogP contribution is 2.85. The van der Waals surface area contributed by atoms with Gasteiger partial charge in [0.25, 0.3) is 0 Å². The van der Waals surface area contributed by atoms with E-state index in [2.05, 4.69) is 27.7 Å². The van der Waals surface area contributed by atoms with Gasteiger partial charge >= 0.3 is 12.1 Å². The lowest BCUT2D eigenvalue weighted by atomic mass is 9.36. The van der Waals surface area contributed by atoms with Gasteiger partial charge in [0.1, 0.15) is 6.61 Å². The molecule has 5 fully saturated rings. The van der Waals surface area contributed by atoms with Crippen LogP contribution in [0.1, 0.15) is 99.3 Å². The van der Waals surface area contributed by atoms with Gasteiger partial charge in [-0.25, -0.2) is 0 Å². The van der Waals surface area contributed by atoms with Crippen LogP contribution in [0.25, 0.3) is 0 Å². The molecule has 12 atom stereocenters. The standard InChI is InChI=1S/C32H49F3O5/c1-18(2)8-7-11-30(26(38)39)16-31(30)23-14-22(37)25-27(4)12-10-21(36)19(3)20(27)9-13-28(25,5)29(23,6)15-24(31)40-17-32(33,34)35/h8,19-25,36-37H,7,9-17H2,1-6H3,(H,38,39)/t19-,20-,21+,22+,23+,24-,25?,27-,28-,29-,30+,31+/m0/s1. The highest BCUT2D eigenvalue weighted by Gasteiger charge is 2.86. The SMILES string of the molecule is CC(C)=CCC[C@]1(C(=O)O)C[C@@]12[C@@H](OCC(F)(F)F)C[C@@]1(C)[C@H]2C[C@@H](O)C2[C@]1(C)CC[C@H]1[C@H](C)[C@H](O)CC[C@]21C. The summed E-state index contributed by atoms with van der Waals surface area (Å²) in [5, 5.41) is 33.3. The lowest BCUT2D eigenvalue weighted by molar-refractivity contribution is -0.241. The number of rotatable bonds is 6. The highest BCUT2D eigenvalue weighted by molar-refractivity contribution is 5.81. The number of carbonyl (C=O) groups is 1. The van der Waals surface area contributed by atoms with E-state index < -0.39 is 52.6 Å². The first kappa shape index (κ1) is 30.3. The highest BCUT2D eigenvalue weighted by atomic mass is 19.4. The van der Waals surface area contributed by atoms with Crippen molar-refractivity contribution in [3.8, 4) is 0 Å². The Hall–Kier alpha value is -1.12. The molecule has 40 heavy (non-hydrogen) atoms. The van der Waals surface area contributed by atoms with Crippen molar-refractivity contribution in [3.05, 3.63) is 11.6 Å². The van der Waals surface area contributed by atoms with Gasteiger partial charge in [0.05, 0.1) is 23.7 Å². The van der Waals surface area contributed by atoms with Crippen molar-refractivity contribution in [1.29, 1.82) is 0 Å². The summed E-state index contributed by atoms with van der Waals surface area (Å²) < 4.78 is 46.2. The van der Waals surface area contributed by atoms with E-state index in [9.17, 15) is 33.3 Å². The van der Waals surface area contributed by atoms with Crippen LogP contribution in [0.2, 0.25) is 0 Å². The first-order valence-corrected chi connectivity index (χ1v) is 15.3. The zero-order valence-corrected chi connectivity index (χ0v) is 25.0. The van der Waals surface area contributed by atoms with E-state index >= 15 is 0 Å². The number of allylic oxidation sites excluding steroid dienone is 2. The first-order valence-electron chi connectivity index (χ1n) is 15.3. The number of alkyl halides is 3. The predicted octanol–water partition coefficient (Wildman–Crippen LogP) is 6.76. The number of aliphatic hydroxyl groups is 2. The summed E-state index contributed by atoms with van der Waals surface area (Å²) in [5.41, 5.74) is -2.08. The van der Waals surface area contributed by atoms with Gasteiger partial charge in [0.15, 0.2) is 0 Å². The minimum atomic E-state index is -4.50. The predicted molar refractivity (Wildman–Crippen MR) is 145 cm³/mol. The molecular formula is C32H49F3O5. The van der Waals surface area contributed by atoms with Gasteiger partial charge in [0.2, 0.25) is 0 Å². The van der Waals surface area contributed by atoms with E-state index in [1.807, 2.05) is 19.9 Å². The Morgan fingerprint density at radius 3 is 2.33 bits per heavy atom. The van der Waals surface area contributed by atoms with Gasteiger partial charge in [-0.1, -0.05) is 39.3 Å². The molecule has 0 radical (unpaired) electrons. The Kier molecular flexibility index (Phi) is 7.16. The molecule has 3 N–H and O–H groups in total. The molecule has 5 rings (SSSR count). The Balaban J connectivity index is 1.58. The van der Waals surface area contributed by atoms with E-state index in [-0.39, 0.29) is 35.2 Å². The maximum absolute atomic E-state index is 13.5. The van der Waals surface area contributed by atoms with Crippen molar-refractivity contribution < 1.29 is 38.0 Å². The number of carboxylic acids is 1. The minimum absolute atomic E-state index is 0.0722. The number of hydrogen-bond acceptors (Lipinski definition) is 4. The van der Waals surface area contributed by atoms with Crippen LogP contribution in [0.3, 0.4) is 0 Å². The average molecular weight is 571 g/mol. The van der Waals surface area contributed by atoms with Gasteiger partial charge in [-0.05, 0) is 112 Å². The summed E-state index contributed by atoms with van der Waals surface area (Å²) in [7, 11) is 0. The molecule has 1 unspecified atom stereocenters. The minimum Gasteiger partial charge on any atom is -0.481 e. The number of aliphatic hydroxyl groups excluding tert-OH is 2. The quantitative estimate of drug-likeness (QED) is 0.307. The summed E-state index contributed by atoms with van der Waals surface area (Å²) in [6.07, 6.45) is 0.795. The van der Waals surface area contributed by atoms with Crippen LogP contribution >= 0.6 is 0 Å². The molecule has 0 amide bonds. The lowest BCUT2D eigenvalue weighted by Gasteiger charge is -2.69. The van der Waals surface area contributed by atoms with Crippen molar-refractivity contribution in [2.75, 3.05) is 6.61 Å². The lowest BCUT2D eigenvalue weighted by Crippen LogP contribution is -2.66. The van der Waals surface area contributed by atoms with Gasteiger partial charge in [0, 0.05) is 5.41 Å². The van der Waals surface area contributed by atoms with Crippen molar-refractivity contribution in [2.45, 2.75) is 124 Å². The molecule has 8 heteroatoms. The van der Waals surface area contributed by atoms with Crippen molar-refractivity contribution in [3.63, 3.8) is 0 Å². The smallest absolute Gasteiger partial charge is 0.411 e. The summed E-state index contributed by atoms with van der Waals surface area (Å²) in [6, 6.07) is 0. The van der Waals surface area contributed by atoms with Gasteiger partial charge in [-0.2, -0.15) is 13.2 Å². The number of aliphatic carboxylic acids is 1. The zero-order chi connectivity index (χ0) is 29.7. The van der Waals surface area contributed by atoms with Crippen LogP contribution < -0.4 is 0 Å². The number of fused-ring (bicyclic) bond motifs is 6. The molecule has 1 spiro atoms. The molecule has 5 saturated carbocycles. The van der Waals surface area contributed by atoms with Gasteiger partial charge in [-0.15, -0.1) is 0 Å². The molecule has 0 aromatic heterocycles. The third-order valence-corrected chi connectivity index (χ3v) is 13.5. The van der Waals surface area contributed by atoms with E-state index in [0.29, 0.717) is 38.5 Å². The summed E-state index contributed by atoms with van der Waals surface area (Å²) in [5.74, 6) is -0.884. The Morgan fingerprint density at radius 1 is 1.05 bits per heavy atom. The van der Waals surface area contributed by atoms with E-state index in [1.54, 1.807) is 0 Å². The van der Waals surface area contributed by atoms with Crippen LogP contribution in [-0.2, 0) is 9.53 Å². The molecule has 0 aromatic rings. The number of hydrogen-bond donors (Lipinski definition) is 3. The Morgan fingerprint density at radius 2 is 1.73 bits per heavy atom. The monoisotopic (exact) mass is 570 g/mol. The van der Waals surface area contributed by atoms with Crippen molar-refractivity contribution in [2.24, 2.45) is 50.7 Å². The van der Waals surface area contributed by atoms with E-state index in [1.165, 1.54) is 0 Å². The fourth-order valence-electron chi connectivity index (χ4n) is 11.6. The van der Waals surface area contributed by atoms with Crippen LogP contribution in [-0.4, -0.2) is 52.4 Å². The third-order valence-electron chi connectivity index (χ3n) is 13.5. The molecule has 0 aliphatic heterocycles. The maximum atomic E-state index is 13.5. The second kappa shape index (κ2) is 9.44. The number of ether oxygens (including phenoxy) is 1. The van der Waals surface area contributed by atoms with Crippen molar-refractivity contribution in [1.82, 2.24) is 0 Å². The normalized spacial score (nSPS) is 51.5. The molecule has 0 bridgehead atoms. The number of carboxylic acid groups (broad SMARTS) is 1. The van der Waals surface area contributed by atoms with Crippen LogP contribution in [0, 0.1) is 50.7 Å². The fourth-order valence-corrected chi connectivity index (χ4v) is 11.6. The molecule has 5 nitrogen and oxygen atoms in total. The molecule has 0 heterocycles. The average Bonchev–Trinajstić information content (AvgIpc) is 3.44.